The number of esters is 1. The summed E-state index contributed by atoms with van der Waals surface area (Å²) < 4.78 is 9.04. The molecule has 1 N–H and O–H groups in total. The van der Waals surface area contributed by atoms with Crippen molar-refractivity contribution in [3.8, 4) is 0 Å². The molecule has 0 heterocycles. The zero-order valence-corrected chi connectivity index (χ0v) is 12.1. The van der Waals surface area contributed by atoms with Gasteiger partial charge in [0.05, 0.1) is 24.3 Å². The van der Waals surface area contributed by atoms with Crippen molar-refractivity contribution in [2.75, 3.05) is 0 Å². The van der Waals surface area contributed by atoms with E-state index in [4.69, 9.17) is 5.11 Å². The van der Waals surface area contributed by atoms with Gasteiger partial charge in [-0.1, -0.05) is 44.0 Å². The zero-order valence-electron chi connectivity index (χ0n) is 12.1. The summed E-state index contributed by atoms with van der Waals surface area (Å²) in [6.07, 6.45) is 6.55. The number of rotatable bonds is 7. The Morgan fingerprint density at radius 2 is 1.73 bits per heavy atom. The first kappa shape index (κ1) is 18.9. The summed E-state index contributed by atoms with van der Waals surface area (Å²) >= 11 is 0. The van der Waals surface area contributed by atoms with Gasteiger partial charge in [-0.05, 0) is 18.1 Å². The smallest absolute Gasteiger partial charge is 0.343 e. The molecule has 0 unspecified atom stereocenters. The van der Waals surface area contributed by atoms with Crippen LogP contribution >= 0.6 is 0 Å². The third-order valence-corrected chi connectivity index (χ3v) is 2.22. The number of carbonyl (C=O) groups is 2. The van der Waals surface area contributed by atoms with Gasteiger partial charge in [-0.2, -0.15) is 0 Å². The van der Waals surface area contributed by atoms with Gasteiger partial charge in [-0.25, -0.2) is 9.59 Å². The lowest BCUT2D eigenvalue weighted by molar-refractivity contribution is -0.131. The molecule has 0 spiro atoms. The third-order valence-electron chi connectivity index (χ3n) is 2.22. The molecule has 1 rings (SSSR count). The number of ether oxygens (including phenoxy) is 2. The molecular formula is C17H18O5. The van der Waals surface area contributed by atoms with Crippen molar-refractivity contribution in [1.29, 1.82) is 0 Å². The predicted molar refractivity (Wildman–Crippen MR) is 84.0 cm³/mol. The fourth-order valence-corrected chi connectivity index (χ4v) is 1.39. The third kappa shape index (κ3) is 8.16. The number of carbonyl (C=O) groups excluding carboxylic acids is 1. The SMILES string of the molecule is C=COC(=O)c1ccccc1C/C=C/C(=O)O.C=COC=C. The second-order valence-corrected chi connectivity index (χ2v) is 3.64. The van der Waals surface area contributed by atoms with Gasteiger partial charge in [-0.3, -0.25) is 0 Å². The summed E-state index contributed by atoms with van der Waals surface area (Å²) in [5.74, 6) is -1.52. The van der Waals surface area contributed by atoms with E-state index < -0.39 is 11.9 Å². The van der Waals surface area contributed by atoms with Gasteiger partial charge >= 0.3 is 11.9 Å². The lowest BCUT2D eigenvalue weighted by Gasteiger charge is -2.04. The Balaban J connectivity index is 0.000000763. The van der Waals surface area contributed by atoms with Crippen LogP contribution in [0.4, 0.5) is 0 Å². The first-order valence-electron chi connectivity index (χ1n) is 6.23. The quantitative estimate of drug-likeness (QED) is 0.474. The second-order valence-electron chi connectivity index (χ2n) is 3.64. The summed E-state index contributed by atoms with van der Waals surface area (Å²) in [5, 5.41) is 8.46. The minimum absolute atomic E-state index is 0.356. The van der Waals surface area contributed by atoms with Crippen LogP contribution in [0.5, 0.6) is 0 Å². The van der Waals surface area contributed by atoms with Gasteiger partial charge in [-0.15, -0.1) is 0 Å². The number of carboxylic acids is 1. The minimum atomic E-state index is -1.02. The van der Waals surface area contributed by atoms with Crippen LogP contribution in [-0.4, -0.2) is 17.0 Å². The summed E-state index contributed by atoms with van der Waals surface area (Å²) in [6.45, 7) is 9.82. The zero-order chi connectivity index (χ0) is 16.8. The largest absolute Gasteiger partial charge is 0.478 e. The van der Waals surface area contributed by atoms with Crippen molar-refractivity contribution in [1.82, 2.24) is 0 Å². The van der Waals surface area contributed by atoms with Crippen LogP contribution in [0.15, 0.2) is 74.9 Å². The molecule has 0 radical (unpaired) electrons. The Bertz CT molecular complexity index is 552. The molecule has 0 aliphatic carbocycles. The highest BCUT2D eigenvalue weighted by atomic mass is 16.5. The maximum atomic E-state index is 11.5. The molecule has 5 nitrogen and oxygen atoms in total. The fourth-order valence-electron chi connectivity index (χ4n) is 1.39. The minimum Gasteiger partial charge on any atom is -0.478 e. The lowest BCUT2D eigenvalue weighted by atomic mass is 10.0. The molecule has 1 aromatic carbocycles. The summed E-state index contributed by atoms with van der Waals surface area (Å²) in [6, 6.07) is 6.85. The van der Waals surface area contributed by atoms with E-state index in [1.807, 2.05) is 0 Å². The summed E-state index contributed by atoms with van der Waals surface area (Å²) in [5.41, 5.74) is 1.11. The van der Waals surface area contributed by atoms with Crippen LogP contribution < -0.4 is 0 Å². The van der Waals surface area contributed by atoms with E-state index in [0.717, 1.165) is 12.3 Å². The number of allylic oxidation sites excluding steroid dienone is 1. The number of benzene rings is 1. The highest BCUT2D eigenvalue weighted by Gasteiger charge is 2.09. The van der Waals surface area contributed by atoms with E-state index in [1.165, 1.54) is 18.6 Å². The monoisotopic (exact) mass is 302 g/mol. The highest BCUT2D eigenvalue weighted by molar-refractivity contribution is 5.91. The predicted octanol–water partition coefficient (Wildman–Crippen LogP) is 3.46. The Morgan fingerprint density at radius 3 is 2.23 bits per heavy atom. The van der Waals surface area contributed by atoms with Crippen molar-refractivity contribution in [2.45, 2.75) is 6.42 Å². The van der Waals surface area contributed by atoms with Gasteiger partial charge in [0.2, 0.25) is 0 Å². The van der Waals surface area contributed by atoms with Gasteiger partial charge in [0.15, 0.2) is 0 Å². The number of hydrogen-bond donors (Lipinski definition) is 1. The van der Waals surface area contributed by atoms with E-state index in [-0.39, 0.29) is 0 Å². The van der Waals surface area contributed by atoms with E-state index >= 15 is 0 Å². The summed E-state index contributed by atoms with van der Waals surface area (Å²) in [4.78, 5) is 21.8. The molecule has 22 heavy (non-hydrogen) atoms. The first-order valence-corrected chi connectivity index (χ1v) is 6.23. The number of hydrogen-bond acceptors (Lipinski definition) is 4. The first-order chi connectivity index (χ1) is 10.6. The van der Waals surface area contributed by atoms with Crippen LogP contribution in [-0.2, 0) is 20.7 Å². The van der Waals surface area contributed by atoms with Crippen LogP contribution in [0, 0.1) is 0 Å². The Labute approximate surface area is 129 Å². The molecule has 1 aromatic rings. The lowest BCUT2D eigenvalue weighted by Crippen LogP contribution is -2.04. The van der Waals surface area contributed by atoms with Gasteiger partial charge < -0.3 is 14.6 Å². The van der Waals surface area contributed by atoms with E-state index in [9.17, 15) is 9.59 Å². The molecule has 116 valence electrons. The average Bonchev–Trinajstić information content (AvgIpc) is 2.49. The molecule has 0 saturated carbocycles. The van der Waals surface area contributed by atoms with Crippen LogP contribution in [0.2, 0.25) is 0 Å². The standard InChI is InChI=1S/C13H12O4.C4H6O/c1-2-17-13(16)11-8-4-3-6-10(11)7-5-9-12(14)15;1-3-5-4-2/h2-6,8-9H,1,7H2,(H,14,15);3-4H,1-2H2/b9-5+;. The molecule has 0 bridgehead atoms. The molecule has 0 aliphatic heterocycles. The number of aliphatic carboxylic acids is 1. The Morgan fingerprint density at radius 1 is 1.09 bits per heavy atom. The molecular weight excluding hydrogens is 284 g/mol. The van der Waals surface area contributed by atoms with Crippen molar-refractivity contribution in [3.63, 3.8) is 0 Å². The molecule has 0 amide bonds. The normalized spacial score (nSPS) is 9.09. The van der Waals surface area contributed by atoms with Crippen LogP contribution in [0.1, 0.15) is 15.9 Å². The number of carboxylic acid groups (broad SMARTS) is 1. The molecule has 0 aromatic heterocycles. The van der Waals surface area contributed by atoms with E-state index in [1.54, 1.807) is 24.3 Å². The van der Waals surface area contributed by atoms with E-state index in [0.29, 0.717) is 17.5 Å². The van der Waals surface area contributed by atoms with Crippen molar-refractivity contribution in [3.05, 3.63) is 86.1 Å². The summed E-state index contributed by atoms with van der Waals surface area (Å²) in [7, 11) is 0. The molecule has 0 saturated heterocycles. The van der Waals surface area contributed by atoms with E-state index in [2.05, 4.69) is 29.2 Å². The fraction of sp³-hybridized carbons (Fsp3) is 0.0588. The van der Waals surface area contributed by atoms with Gasteiger partial charge in [0.25, 0.3) is 0 Å². The topological polar surface area (TPSA) is 72.8 Å². The van der Waals surface area contributed by atoms with Crippen molar-refractivity contribution >= 4 is 11.9 Å². The van der Waals surface area contributed by atoms with Crippen LogP contribution in [0.25, 0.3) is 0 Å². The maximum absolute atomic E-state index is 11.5. The second kappa shape index (κ2) is 11.7. The molecule has 0 atom stereocenters. The Hall–Kier alpha value is -3.08. The average molecular weight is 302 g/mol. The highest BCUT2D eigenvalue weighted by Crippen LogP contribution is 2.11. The van der Waals surface area contributed by atoms with Gasteiger partial charge in [0, 0.05) is 6.08 Å². The maximum Gasteiger partial charge on any atom is 0.343 e. The molecule has 0 fully saturated rings. The van der Waals surface area contributed by atoms with Crippen molar-refractivity contribution in [2.24, 2.45) is 0 Å². The van der Waals surface area contributed by atoms with Crippen LogP contribution in [0.3, 0.4) is 0 Å². The molecule has 5 heteroatoms. The molecule has 0 aliphatic rings. The van der Waals surface area contributed by atoms with Gasteiger partial charge in [0.1, 0.15) is 0 Å². The van der Waals surface area contributed by atoms with Crippen molar-refractivity contribution < 1.29 is 24.2 Å². The Kier molecular flexibility index (Phi) is 10.1.